The second-order valence-corrected chi connectivity index (χ2v) is 16.5. The van der Waals surface area contributed by atoms with Crippen molar-refractivity contribution in [1.29, 1.82) is 0 Å². The van der Waals surface area contributed by atoms with Crippen LogP contribution in [0.25, 0.3) is 0 Å². The van der Waals surface area contributed by atoms with E-state index in [1.165, 1.54) is 19.3 Å². The van der Waals surface area contributed by atoms with Gasteiger partial charge in [-0.2, -0.15) is 0 Å². The molecule has 11 heteroatoms. The van der Waals surface area contributed by atoms with Crippen LogP contribution in [0.15, 0.2) is 85.1 Å². The van der Waals surface area contributed by atoms with E-state index in [-0.39, 0.29) is 32.7 Å². The number of esters is 2. The molecule has 0 amide bonds. The van der Waals surface area contributed by atoms with E-state index in [1.54, 1.807) is 0 Å². The summed E-state index contributed by atoms with van der Waals surface area (Å²) in [6, 6.07) is 0. The number of nitrogens with zero attached hydrogens (tertiary/aromatic N) is 1. The number of ether oxygens (including phenoxy) is 2. The summed E-state index contributed by atoms with van der Waals surface area (Å²) in [5, 5.41) is 8.80. The molecule has 2 N–H and O–H groups in total. The Bertz CT molecular complexity index is 1250. The van der Waals surface area contributed by atoms with Gasteiger partial charge in [0.2, 0.25) is 0 Å². The smallest absolute Gasteiger partial charge is 0.462 e. The van der Waals surface area contributed by atoms with Crippen molar-refractivity contribution < 1.29 is 47.2 Å². The Morgan fingerprint density at radius 3 is 1.53 bits per heavy atom. The van der Waals surface area contributed by atoms with E-state index in [0.717, 1.165) is 77.0 Å². The van der Waals surface area contributed by atoms with E-state index in [0.29, 0.717) is 30.3 Å². The molecule has 0 aromatic rings. The minimum atomic E-state index is -4.41. The molecule has 0 fully saturated rings. The van der Waals surface area contributed by atoms with Gasteiger partial charge in [0.25, 0.3) is 0 Å². The molecule has 57 heavy (non-hydrogen) atoms. The van der Waals surface area contributed by atoms with E-state index < -0.39 is 32.5 Å². The van der Waals surface area contributed by atoms with Crippen molar-refractivity contribution in [3.05, 3.63) is 85.1 Å². The number of carbonyl (C=O) groups is 2. The molecule has 0 saturated heterocycles. The SMILES string of the molecule is CCCCC/C=C\C/C=C\C/C=C\CCCCC(=O)OC[C@H](COP(=O)(O)OCC[N+](C)(C)C)OC(=O)CCC/C=C\C/C=C\C/C=C\C/C=C\CCCCCO. The second-order valence-electron chi connectivity index (χ2n) is 15.1. The molecule has 0 bridgehead atoms. The van der Waals surface area contributed by atoms with Gasteiger partial charge in [0.05, 0.1) is 27.7 Å². The van der Waals surface area contributed by atoms with Crippen molar-refractivity contribution in [2.75, 3.05) is 54.1 Å². The van der Waals surface area contributed by atoms with E-state index >= 15 is 0 Å². The van der Waals surface area contributed by atoms with Gasteiger partial charge >= 0.3 is 19.8 Å². The molecule has 0 spiro atoms. The lowest BCUT2D eigenvalue weighted by atomic mass is 10.1. The molecular formula is C46H79NO9P+. The predicted octanol–water partition coefficient (Wildman–Crippen LogP) is 11.0. The molecule has 2 atom stereocenters. The van der Waals surface area contributed by atoms with Crippen molar-refractivity contribution in [2.45, 2.75) is 141 Å². The van der Waals surface area contributed by atoms with Crippen LogP contribution >= 0.6 is 7.82 Å². The lowest BCUT2D eigenvalue weighted by Gasteiger charge is -2.24. The van der Waals surface area contributed by atoms with Crippen LogP contribution in [0.2, 0.25) is 0 Å². The molecule has 0 aromatic heterocycles. The molecule has 0 rings (SSSR count). The molecule has 0 heterocycles. The summed E-state index contributed by atoms with van der Waals surface area (Å²) in [5.74, 6) is -0.933. The highest BCUT2D eigenvalue weighted by Gasteiger charge is 2.27. The average Bonchev–Trinajstić information content (AvgIpc) is 3.16. The lowest BCUT2D eigenvalue weighted by molar-refractivity contribution is -0.870. The van der Waals surface area contributed by atoms with Crippen molar-refractivity contribution in [2.24, 2.45) is 0 Å². The fourth-order valence-electron chi connectivity index (χ4n) is 5.05. The number of phosphoric ester groups is 1. The van der Waals surface area contributed by atoms with Crippen LogP contribution in [-0.4, -0.2) is 86.6 Å². The highest BCUT2D eigenvalue weighted by Crippen LogP contribution is 2.43. The Morgan fingerprint density at radius 2 is 1.04 bits per heavy atom. The summed E-state index contributed by atoms with van der Waals surface area (Å²) in [7, 11) is 1.39. The number of quaternary nitrogens is 1. The Labute approximate surface area is 346 Å². The standard InChI is InChI=1S/C46H78NO9P/c1-5-6-7-8-9-10-11-12-16-19-22-25-28-31-34-37-45(49)53-42-44(43-55-57(51,52)54-41-39-47(2,3)4)56-46(50)38-35-32-29-26-23-20-17-14-13-15-18-21-24-27-30-33-36-40-48/h9-10,12-13,15-17,20-22,24-26,29,44,48H,5-8,11,14,18-19,23,27-28,30-43H2,1-4H3/p+1/b10-9-,15-13-,16-12-,20-17-,24-21-,25-22-,29-26-/t44-/m1/s1. The third-order valence-corrected chi connectivity index (χ3v) is 9.44. The predicted molar refractivity (Wildman–Crippen MR) is 235 cm³/mol. The van der Waals surface area contributed by atoms with Gasteiger partial charge in [0.15, 0.2) is 6.10 Å². The van der Waals surface area contributed by atoms with Crippen LogP contribution < -0.4 is 0 Å². The molecular weight excluding hydrogens is 741 g/mol. The van der Waals surface area contributed by atoms with Crippen molar-refractivity contribution in [3.63, 3.8) is 0 Å². The second kappa shape index (κ2) is 38.7. The molecule has 0 aliphatic heterocycles. The summed E-state index contributed by atoms with van der Waals surface area (Å²) in [5.41, 5.74) is 0. The highest BCUT2D eigenvalue weighted by atomic mass is 31.2. The number of aliphatic hydroxyl groups is 1. The maximum Gasteiger partial charge on any atom is 0.472 e. The van der Waals surface area contributed by atoms with Gasteiger partial charge in [-0.3, -0.25) is 18.6 Å². The van der Waals surface area contributed by atoms with Crippen molar-refractivity contribution in [3.8, 4) is 0 Å². The van der Waals surface area contributed by atoms with Crippen molar-refractivity contribution in [1.82, 2.24) is 0 Å². The van der Waals surface area contributed by atoms with Crippen LogP contribution in [0.5, 0.6) is 0 Å². The quantitative estimate of drug-likeness (QED) is 0.0206. The summed E-state index contributed by atoms with van der Waals surface area (Å²) >= 11 is 0. The zero-order valence-electron chi connectivity index (χ0n) is 36.0. The van der Waals surface area contributed by atoms with Crippen LogP contribution in [-0.2, 0) is 32.7 Å². The Morgan fingerprint density at radius 1 is 0.579 bits per heavy atom. The number of likely N-dealkylation sites (N-methyl/N-ethyl adjacent to an activating group) is 1. The first-order chi connectivity index (χ1) is 27.5. The number of aliphatic hydroxyl groups excluding tert-OH is 1. The third kappa shape index (κ3) is 42.6. The first kappa shape index (κ1) is 54.2. The number of rotatable bonds is 38. The first-order valence-corrected chi connectivity index (χ1v) is 22.9. The number of carbonyl (C=O) groups excluding carboxylic acids is 2. The van der Waals surface area contributed by atoms with Gasteiger partial charge in [0, 0.05) is 19.4 Å². The molecule has 0 aliphatic rings. The molecule has 1 unspecified atom stereocenters. The Kier molecular flexibility index (Phi) is 36.7. The maximum absolute atomic E-state index is 12.7. The molecule has 0 saturated carbocycles. The lowest BCUT2D eigenvalue weighted by Crippen LogP contribution is -2.37. The monoisotopic (exact) mass is 821 g/mol. The van der Waals surface area contributed by atoms with Gasteiger partial charge in [-0.25, -0.2) is 4.57 Å². The van der Waals surface area contributed by atoms with E-state index in [1.807, 2.05) is 27.2 Å². The normalized spacial score (nSPS) is 14.4. The number of unbranched alkanes of at least 4 members (excludes halogenated alkanes) is 9. The fourth-order valence-corrected chi connectivity index (χ4v) is 5.79. The molecule has 10 nitrogen and oxygen atoms in total. The highest BCUT2D eigenvalue weighted by molar-refractivity contribution is 7.47. The largest absolute Gasteiger partial charge is 0.472 e. The average molecular weight is 821 g/mol. The van der Waals surface area contributed by atoms with Crippen LogP contribution in [0.4, 0.5) is 0 Å². The summed E-state index contributed by atoms with van der Waals surface area (Å²) in [4.78, 5) is 35.3. The van der Waals surface area contributed by atoms with Crippen LogP contribution in [0, 0.1) is 0 Å². The molecule has 0 aliphatic carbocycles. The van der Waals surface area contributed by atoms with Crippen molar-refractivity contribution >= 4 is 19.8 Å². The fraction of sp³-hybridized carbons (Fsp3) is 0.652. The maximum atomic E-state index is 12.7. The molecule has 326 valence electrons. The van der Waals surface area contributed by atoms with Gasteiger partial charge in [-0.15, -0.1) is 0 Å². The zero-order valence-corrected chi connectivity index (χ0v) is 36.9. The van der Waals surface area contributed by atoms with Crippen LogP contribution in [0.1, 0.15) is 135 Å². The van der Waals surface area contributed by atoms with Gasteiger partial charge in [-0.05, 0) is 96.3 Å². The number of hydrogen-bond acceptors (Lipinski definition) is 8. The molecule has 0 aromatic carbocycles. The zero-order chi connectivity index (χ0) is 42.1. The van der Waals surface area contributed by atoms with E-state index in [4.69, 9.17) is 23.6 Å². The van der Waals surface area contributed by atoms with E-state index in [9.17, 15) is 19.0 Å². The summed E-state index contributed by atoms with van der Waals surface area (Å²) < 4.78 is 34.1. The van der Waals surface area contributed by atoms with Gasteiger partial charge in [-0.1, -0.05) is 111 Å². The summed E-state index contributed by atoms with van der Waals surface area (Å²) in [6.07, 6.45) is 46.5. The minimum Gasteiger partial charge on any atom is -0.462 e. The summed E-state index contributed by atoms with van der Waals surface area (Å²) in [6.45, 7) is 2.25. The van der Waals surface area contributed by atoms with Crippen LogP contribution in [0.3, 0.4) is 0 Å². The Hall–Kier alpha value is -2.85. The van der Waals surface area contributed by atoms with E-state index in [2.05, 4.69) is 85.9 Å². The first-order valence-electron chi connectivity index (χ1n) is 21.4. The molecule has 0 radical (unpaired) electrons. The van der Waals surface area contributed by atoms with Gasteiger partial charge in [0.1, 0.15) is 19.8 Å². The number of phosphoric acid groups is 1. The number of hydrogen-bond donors (Lipinski definition) is 2. The Balaban J connectivity index is 4.56. The third-order valence-electron chi connectivity index (χ3n) is 8.45. The topological polar surface area (TPSA) is 129 Å². The van der Waals surface area contributed by atoms with Gasteiger partial charge < -0.3 is 24.0 Å². The minimum absolute atomic E-state index is 0.00580. The number of allylic oxidation sites excluding steroid dienone is 14.